The van der Waals surface area contributed by atoms with Crippen molar-refractivity contribution in [2.75, 3.05) is 13.6 Å². The van der Waals surface area contributed by atoms with Gasteiger partial charge in [0.05, 0.1) is 0 Å². The molecule has 0 aliphatic heterocycles. The van der Waals surface area contributed by atoms with Crippen molar-refractivity contribution in [3.8, 4) is 0 Å². The van der Waals surface area contributed by atoms with Crippen LogP contribution in [0.3, 0.4) is 0 Å². The molecule has 0 aromatic heterocycles. The fraction of sp³-hybridized carbons (Fsp3) is 0.500. The van der Waals surface area contributed by atoms with Crippen LogP contribution in [-0.2, 0) is 0 Å². The second-order valence-corrected chi connectivity index (χ2v) is 3.99. The summed E-state index contributed by atoms with van der Waals surface area (Å²) in [6, 6.07) is 5.39. The van der Waals surface area contributed by atoms with Gasteiger partial charge >= 0.3 is 0 Å². The summed E-state index contributed by atoms with van der Waals surface area (Å²) in [5.41, 5.74) is 7.41. The van der Waals surface area contributed by atoms with Gasteiger partial charge in [-0.1, -0.05) is 19.1 Å². The Bertz CT molecular complexity index is 325. The van der Waals surface area contributed by atoms with Gasteiger partial charge in [0.25, 0.3) is 0 Å². The normalized spacial score (nSPS) is 15.0. The van der Waals surface area contributed by atoms with E-state index in [0.717, 1.165) is 5.56 Å². The summed E-state index contributed by atoms with van der Waals surface area (Å²) >= 11 is 0. The van der Waals surface area contributed by atoms with Crippen molar-refractivity contribution in [3.63, 3.8) is 0 Å². The predicted molar refractivity (Wildman–Crippen MR) is 61.2 cm³/mol. The van der Waals surface area contributed by atoms with E-state index in [-0.39, 0.29) is 11.9 Å². The Labute approximate surface area is 90.7 Å². The lowest BCUT2D eigenvalue weighted by molar-refractivity contribution is 0.419. The van der Waals surface area contributed by atoms with Gasteiger partial charge in [0.2, 0.25) is 0 Å². The van der Waals surface area contributed by atoms with Gasteiger partial charge in [-0.2, -0.15) is 0 Å². The van der Waals surface area contributed by atoms with Gasteiger partial charge in [0.1, 0.15) is 5.82 Å². The lowest BCUT2D eigenvalue weighted by Gasteiger charge is -2.23. The van der Waals surface area contributed by atoms with Crippen LogP contribution in [-0.4, -0.2) is 13.6 Å². The third-order valence-electron chi connectivity index (χ3n) is 2.79. The van der Waals surface area contributed by atoms with Crippen LogP contribution in [0.1, 0.15) is 24.1 Å². The van der Waals surface area contributed by atoms with E-state index < -0.39 is 0 Å². The number of hydrogen-bond acceptors (Lipinski definition) is 2. The lowest BCUT2D eigenvalue weighted by atomic mass is 9.93. The van der Waals surface area contributed by atoms with Gasteiger partial charge in [0, 0.05) is 6.04 Å². The SMILES string of the molecule is CNC(c1ccc(F)c(C)c1)C(C)CN. The molecular formula is C12H19FN2. The third kappa shape index (κ3) is 2.76. The predicted octanol–water partition coefficient (Wildman–Crippen LogP) is 1.99. The Balaban J connectivity index is 2.97. The van der Waals surface area contributed by atoms with E-state index >= 15 is 0 Å². The van der Waals surface area contributed by atoms with Crippen LogP contribution in [0.4, 0.5) is 4.39 Å². The van der Waals surface area contributed by atoms with Crippen molar-refractivity contribution < 1.29 is 4.39 Å². The molecule has 0 aliphatic rings. The maximum atomic E-state index is 13.1. The Morgan fingerprint density at radius 2 is 2.13 bits per heavy atom. The van der Waals surface area contributed by atoms with Crippen molar-refractivity contribution in [3.05, 3.63) is 35.1 Å². The van der Waals surface area contributed by atoms with Crippen molar-refractivity contribution in [1.29, 1.82) is 0 Å². The summed E-state index contributed by atoms with van der Waals surface area (Å²) in [6.45, 7) is 4.47. The van der Waals surface area contributed by atoms with Gasteiger partial charge < -0.3 is 11.1 Å². The molecule has 0 fully saturated rings. The summed E-state index contributed by atoms with van der Waals surface area (Å²) in [7, 11) is 1.90. The average molecular weight is 210 g/mol. The molecule has 84 valence electrons. The molecule has 0 radical (unpaired) electrons. The molecular weight excluding hydrogens is 191 g/mol. The molecule has 1 rings (SSSR count). The first-order valence-corrected chi connectivity index (χ1v) is 5.23. The Hall–Kier alpha value is -0.930. The smallest absolute Gasteiger partial charge is 0.126 e. The number of benzene rings is 1. The van der Waals surface area contributed by atoms with Gasteiger partial charge in [0.15, 0.2) is 0 Å². The molecule has 0 amide bonds. The van der Waals surface area contributed by atoms with E-state index in [1.165, 1.54) is 6.07 Å². The minimum absolute atomic E-state index is 0.158. The van der Waals surface area contributed by atoms with E-state index in [4.69, 9.17) is 5.73 Å². The third-order valence-corrected chi connectivity index (χ3v) is 2.79. The minimum Gasteiger partial charge on any atom is -0.330 e. The molecule has 3 N–H and O–H groups in total. The van der Waals surface area contributed by atoms with Crippen molar-refractivity contribution in [2.45, 2.75) is 19.9 Å². The molecule has 0 bridgehead atoms. The van der Waals surface area contributed by atoms with Crippen molar-refractivity contribution in [1.82, 2.24) is 5.32 Å². The molecule has 2 nitrogen and oxygen atoms in total. The van der Waals surface area contributed by atoms with Crippen LogP contribution in [0.25, 0.3) is 0 Å². The summed E-state index contributed by atoms with van der Waals surface area (Å²) in [5.74, 6) is 0.175. The van der Waals surface area contributed by atoms with Crippen LogP contribution in [0.2, 0.25) is 0 Å². The molecule has 0 saturated heterocycles. The molecule has 2 atom stereocenters. The highest BCUT2D eigenvalue weighted by molar-refractivity contribution is 5.26. The van der Waals surface area contributed by atoms with Gasteiger partial charge in [-0.25, -0.2) is 4.39 Å². The monoisotopic (exact) mass is 210 g/mol. The minimum atomic E-state index is -0.158. The molecule has 1 aromatic rings. The highest BCUT2D eigenvalue weighted by Gasteiger charge is 2.16. The Morgan fingerprint density at radius 1 is 1.47 bits per heavy atom. The van der Waals surface area contributed by atoms with E-state index in [1.54, 1.807) is 6.92 Å². The van der Waals surface area contributed by atoms with Crippen LogP contribution in [0.15, 0.2) is 18.2 Å². The Kier molecular flexibility index (Phi) is 4.24. The summed E-state index contributed by atoms with van der Waals surface area (Å²) in [6.07, 6.45) is 0. The van der Waals surface area contributed by atoms with Crippen LogP contribution in [0.5, 0.6) is 0 Å². The second-order valence-electron chi connectivity index (χ2n) is 3.99. The topological polar surface area (TPSA) is 38.0 Å². The molecule has 0 heterocycles. The first-order chi connectivity index (χ1) is 7.10. The lowest BCUT2D eigenvalue weighted by Crippen LogP contribution is -2.28. The number of nitrogens with two attached hydrogens (primary N) is 1. The fourth-order valence-electron chi connectivity index (χ4n) is 1.78. The maximum Gasteiger partial charge on any atom is 0.126 e. The molecule has 2 unspecified atom stereocenters. The number of hydrogen-bond donors (Lipinski definition) is 2. The Morgan fingerprint density at radius 3 is 2.60 bits per heavy atom. The van der Waals surface area contributed by atoms with Crippen molar-refractivity contribution in [2.24, 2.45) is 11.7 Å². The zero-order valence-electron chi connectivity index (χ0n) is 9.55. The summed E-state index contributed by atoms with van der Waals surface area (Å²) in [5, 5.41) is 3.21. The van der Waals surface area contributed by atoms with E-state index in [0.29, 0.717) is 18.0 Å². The molecule has 0 saturated carbocycles. The summed E-state index contributed by atoms with van der Waals surface area (Å²) < 4.78 is 13.1. The van der Waals surface area contributed by atoms with E-state index in [9.17, 15) is 4.39 Å². The standard InChI is InChI=1S/C12H19FN2/c1-8-6-10(4-5-11(8)13)12(15-3)9(2)7-14/h4-6,9,12,15H,7,14H2,1-3H3. The van der Waals surface area contributed by atoms with Gasteiger partial charge in [-0.15, -0.1) is 0 Å². The van der Waals surface area contributed by atoms with Gasteiger partial charge in [-0.3, -0.25) is 0 Å². The highest BCUT2D eigenvalue weighted by atomic mass is 19.1. The maximum absolute atomic E-state index is 13.1. The van der Waals surface area contributed by atoms with E-state index in [1.807, 2.05) is 19.2 Å². The van der Waals surface area contributed by atoms with Crippen LogP contribution < -0.4 is 11.1 Å². The average Bonchev–Trinajstić information content (AvgIpc) is 2.24. The number of rotatable bonds is 4. The number of halogens is 1. The van der Waals surface area contributed by atoms with Gasteiger partial charge in [-0.05, 0) is 43.6 Å². The van der Waals surface area contributed by atoms with Crippen LogP contribution in [0, 0.1) is 18.7 Å². The number of aryl methyl sites for hydroxylation is 1. The zero-order valence-corrected chi connectivity index (χ0v) is 9.55. The molecule has 15 heavy (non-hydrogen) atoms. The first kappa shape index (κ1) is 12.1. The molecule has 0 spiro atoms. The van der Waals surface area contributed by atoms with Crippen LogP contribution >= 0.6 is 0 Å². The molecule has 3 heteroatoms. The van der Waals surface area contributed by atoms with Crippen molar-refractivity contribution >= 4 is 0 Å². The van der Waals surface area contributed by atoms with E-state index in [2.05, 4.69) is 12.2 Å². The second kappa shape index (κ2) is 5.24. The largest absolute Gasteiger partial charge is 0.330 e. The molecule has 0 aliphatic carbocycles. The highest BCUT2D eigenvalue weighted by Crippen LogP contribution is 2.22. The number of nitrogens with one attached hydrogen (secondary N) is 1. The first-order valence-electron chi connectivity index (χ1n) is 5.23. The quantitative estimate of drug-likeness (QED) is 0.797. The fourth-order valence-corrected chi connectivity index (χ4v) is 1.78. The summed E-state index contributed by atoms with van der Waals surface area (Å²) in [4.78, 5) is 0. The molecule has 1 aromatic carbocycles. The zero-order chi connectivity index (χ0) is 11.4.